The number of fused-ring (bicyclic) bond motifs is 1. The zero-order valence-electron chi connectivity index (χ0n) is 17.4. The Bertz CT molecular complexity index is 904. The molecular weight excluding hydrogens is 388 g/mol. The predicted molar refractivity (Wildman–Crippen MR) is 117 cm³/mol. The van der Waals surface area contributed by atoms with Crippen LogP contribution in [-0.4, -0.2) is 65.2 Å². The molecule has 2 N–H and O–H groups in total. The molecule has 1 atom stereocenters. The summed E-state index contributed by atoms with van der Waals surface area (Å²) >= 11 is 0. The van der Waals surface area contributed by atoms with E-state index in [1.54, 1.807) is 25.4 Å². The highest BCUT2D eigenvalue weighted by atomic mass is 32.2. The second-order valence-corrected chi connectivity index (χ2v) is 9.56. The van der Waals surface area contributed by atoms with Crippen molar-refractivity contribution in [3.05, 3.63) is 30.5 Å². The van der Waals surface area contributed by atoms with Gasteiger partial charge in [-0.1, -0.05) is 12.5 Å². The number of benzene rings is 1. The zero-order valence-corrected chi connectivity index (χ0v) is 18.2. The lowest BCUT2D eigenvalue weighted by Gasteiger charge is -2.21. The number of anilines is 1. The van der Waals surface area contributed by atoms with E-state index in [0.29, 0.717) is 25.5 Å². The van der Waals surface area contributed by atoms with Crippen molar-refractivity contribution < 1.29 is 13.2 Å². The van der Waals surface area contributed by atoms with Crippen LogP contribution in [0.2, 0.25) is 0 Å². The van der Waals surface area contributed by atoms with Gasteiger partial charge in [0.1, 0.15) is 5.82 Å². The molecule has 1 unspecified atom stereocenters. The van der Waals surface area contributed by atoms with E-state index in [4.69, 9.17) is 4.74 Å². The molecule has 1 aliphatic rings. The first-order valence-electron chi connectivity index (χ1n) is 10.3. The van der Waals surface area contributed by atoms with E-state index in [1.165, 1.54) is 19.3 Å². The molecule has 0 radical (unpaired) electrons. The van der Waals surface area contributed by atoms with E-state index in [-0.39, 0.29) is 4.90 Å². The lowest BCUT2D eigenvalue weighted by atomic mass is 10.0. The Morgan fingerprint density at radius 3 is 2.97 bits per heavy atom. The Hall–Kier alpha value is -1.74. The first kappa shape index (κ1) is 22.0. The number of hydrogen-bond acceptors (Lipinski definition) is 6. The van der Waals surface area contributed by atoms with Crippen LogP contribution in [0.4, 0.5) is 5.82 Å². The molecule has 0 bridgehead atoms. The fourth-order valence-electron chi connectivity index (χ4n) is 3.81. The molecule has 8 heteroatoms. The normalized spacial score (nSPS) is 18.6. The highest BCUT2D eigenvalue weighted by Gasteiger charge is 2.18. The molecule has 2 heterocycles. The van der Waals surface area contributed by atoms with E-state index in [0.717, 1.165) is 36.2 Å². The number of nitrogens with one attached hydrogen (secondary N) is 2. The van der Waals surface area contributed by atoms with Crippen LogP contribution in [0.3, 0.4) is 0 Å². The minimum Gasteiger partial charge on any atom is -0.385 e. The number of methoxy groups -OCH3 is 1. The summed E-state index contributed by atoms with van der Waals surface area (Å²) in [6, 6.07) is 7.10. The second kappa shape index (κ2) is 10.3. The Labute approximate surface area is 173 Å². The molecule has 3 rings (SSSR count). The van der Waals surface area contributed by atoms with Crippen molar-refractivity contribution in [3.8, 4) is 0 Å². The summed E-state index contributed by atoms with van der Waals surface area (Å²) in [5.41, 5.74) is 0. The summed E-state index contributed by atoms with van der Waals surface area (Å²) in [5.74, 6) is 1.31. The molecule has 1 saturated heterocycles. The Morgan fingerprint density at radius 2 is 2.14 bits per heavy atom. The number of hydrogen-bond donors (Lipinski definition) is 2. The number of aromatic nitrogens is 1. The number of pyridine rings is 1. The third-order valence-electron chi connectivity index (χ3n) is 5.40. The van der Waals surface area contributed by atoms with Gasteiger partial charge in [-0.2, -0.15) is 0 Å². The largest absolute Gasteiger partial charge is 0.385 e. The van der Waals surface area contributed by atoms with Crippen LogP contribution in [0.15, 0.2) is 35.4 Å². The SMILES string of the molecule is COCCCNS(=O)(=O)c1ccc2ccnc(NCC3CCCCN(C)C3)c2c1. The maximum absolute atomic E-state index is 12.6. The molecule has 0 saturated carbocycles. The molecule has 0 aliphatic carbocycles. The van der Waals surface area contributed by atoms with Crippen LogP contribution >= 0.6 is 0 Å². The molecule has 7 nitrogen and oxygen atoms in total. The third-order valence-corrected chi connectivity index (χ3v) is 6.85. The van der Waals surface area contributed by atoms with Gasteiger partial charge in [0.05, 0.1) is 4.90 Å². The zero-order chi connectivity index (χ0) is 20.7. The van der Waals surface area contributed by atoms with Gasteiger partial charge in [0.15, 0.2) is 0 Å². The number of nitrogens with zero attached hydrogens (tertiary/aromatic N) is 2. The third kappa shape index (κ3) is 6.12. The van der Waals surface area contributed by atoms with Gasteiger partial charge in [0.25, 0.3) is 0 Å². The smallest absolute Gasteiger partial charge is 0.240 e. The summed E-state index contributed by atoms with van der Waals surface area (Å²) in [4.78, 5) is 7.13. The van der Waals surface area contributed by atoms with E-state index in [1.807, 2.05) is 12.1 Å². The van der Waals surface area contributed by atoms with E-state index >= 15 is 0 Å². The maximum atomic E-state index is 12.6. The van der Waals surface area contributed by atoms with Gasteiger partial charge in [0, 0.05) is 44.9 Å². The second-order valence-electron chi connectivity index (χ2n) is 7.79. The molecule has 2 aromatic rings. The molecule has 1 aromatic carbocycles. The minimum atomic E-state index is -3.56. The molecule has 1 aromatic heterocycles. The molecule has 1 aliphatic heterocycles. The number of likely N-dealkylation sites (tertiary alicyclic amines) is 1. The summed E-state index contributed by atoms with van der Waals surface area (Å²) in [6.07, 6.45) is 6.09. The quantitative estimate of drug-likeness (QED) is 0.607. The van der Waals surface area contributed by atoms with E-state index in [9.17, 15) is 8.42 Å². The molecular formula is C21H32N4O3S. The van der Waals surface area contributed by atoms with Gasteiger partial charge in [0.2, 0.25) is 10.0 Å². The van der Waals surface area contributed by atoms with E-state index in [2.05, 4.69) is 27.0 Å². The average Bonchev–Trinajstić information content (AvgIpc) is 2.93. The van der Waals surface area contributed by atoms with Gasteiger partial charge in [-0.15, -0.1) is 0 Å². The average molecular weight is 421 g/mol. The fourth-order valence-corrected chi connectivity index (χ4v) is 4.91. The maximum Gasteiger partial charge on any atom is 0.240 e. The first-order chi connectivity index (χ1) is 14.0. The standard InChI is InChI=1S/C21H32N4O3S/c1-25-12-4-3-6-17(16-25)15-23-21-20-14-19(8-7-18(20)9-11-22-21)29(26,27)24-10-5-13-28-2/h7-9,11,14,17,24H,3-6,10,12-13,15-16H2,1-2H3,(H,22,23). The van der Waals surface area contributed by atoms with Crippen molar-refractivity contribution in [1.82, 2.24) is 14.6 Å². The summed E-state index contributed by atoms with van der Waals surface area (Å²) < 4.78 is 32.9. The summed E-state index contributed by atoms with van der Waals surface area (Å²) in [7, 11) is 0.211. The van der Waals surface area contributed by atoms with Crippen LogP contribution < -0.4 is 10.0 Å². The lowest BCUT2D eigenvalue weighted by Crippen LogP contribution is -2.28. The van der Waals surface area contributed by atoms with Crippen LogP contribution in [0.5, 0.6) is 0 Å². The molecule has 0 spiro atoms. The molecule has 29 heavy (non-hydrogen) atoms. The van der Waals surface area contributed by atoms with Gasteiger partial charge in [-0.05, 0) is 62.4 Å². The van der Waals surface area contributed by atoms with Crippen LogP contribution in [0.1, 0.15) is 25.7 Å². The highest BCUT2D eigenvalue weighted by molar-refractivity contribution is 7.89. The van der Waals surface area contributed by atoms with Crippen molar-refractivity contribution in [2.45, 2.75) is 30.6 Å². The van der Waals surface area contributed by atoms with Crippen molar-refractivity contribution in [1.29, 1.82) is 0 Å². The highest BCUT2D eigenvalue weighted by Crippen LogP contribution is 2.25. The van der Waals surface area contributed by atoms with Crippen LogP contribution in [-0.2, 0) is 14.8 Å². The lowest BCUT2D eigenvalue weighted by molar-refractivity contribution is 0.196. The van der Waals surface area contributed by atoms with Gasteiger partial charge < -0.3 is 15.0 Å². The predicted octanol–water partition coefficient (Wildman–Crippen LogP) is 2.69. The minimum absolute atomic E-state index is 0.257. The number of sulfonamides is 1. The van der Waals surface area contributed by atoms with Gasteiger partial charge in [-0.3, -0.25) is 0 Å². The van der Waals surface area contributed by atoms with Crippen molar-refractivity contribution >= 4 is 26.6 Å². The Morgan fingerprint density at radius 1 is 1.28 bits per heavy atom. The van der Waals surface area contributed by atoms with Crippen molar-refractivity contribution in [3.63, 3.8) is 0 Å². The monoisotopic (exact) mass is 420 g/mol. The van der Waals surface area contributed by atoms with Crippen molar-refractivity contribution in [2.24, 2.45) is 5.92 Å². The van der Waals surface area contributed by atoms with Gasteiger partial charge in [-0.25, -0.2) is 18.1 Å². The van der Waals surface area contributed by atoms with Crippen molar-refractivity contribution in [2.75, 3.05) is 52.3 Å². The topological polar surface area (TPSA) is 83.6 Å². The molecule has 1 fully saturated rings. The fraction of sp³-hybridized carbons (Fsp3) is 0.571. The number of ether oxygens (including phenoxy) is 1. The molecule has 0 amide bonds. The number of rotatable bonds is 9. The molecule has 160 valence electrons. The summed E-state index contributed by atoms with van der Waals surface area (Å²) in [5, 5.41) is 5.27. The summed E-state index contributed by atoms with van der Waals surface area (Å²) in [6.45, 7) is 3.93. The van der Waals surface area contributed by atoms with Gasteiger partial charge >= 0.3 is 0 Å². The van der Waals surface area contributed by atoms with E-state index < -0.39 is 10.0 Å². The first-order valence-corrected chi connectivity index (χ1v) is 11.8. The van der Waals surface area contributed by atoms with Crippen LogP contribution in [0, 0.1) is 5.92 Å². The Kier molecular flexibility index (Phi) is 7.83. The van der Waals surface area contributed by atoms with Crippen LogP contribution in [0.25, 0.3) is 10.8 Å². The Balaban J connectivity index is 1.75.